The number of halogens is 2. The van der Waals surface area contributed by atoms with Gasteiger partial charge in [0, 0.05) is 4.47 Å². The number of carbonyl (C=O) groups excluding carboxylic acids is 1. The maximum absolute atomic E-state index is 13.7. The molecule has 1 amide bonds. The maximum Gasteiger partial charge on any atom is 0.259 e. The van der Waals surface area contributed by atoms with E-state index in [4.69, 9.17) is 0 Å². The lowest BCUT2D eigenvalue weighted by molar-refractivity contribution is 0.102. The molecule has 0 saturated heterocycles. The van der Waals surface area contributed by atoms with E-state index in [1.165, 1.54) is 12.1 Å². The third-order valence-corrected chi connectivity index (χ3v) is 3.93. The fourth-order valence-corrected chi connectivity index (χ4v) is 2.88. The fourth-order valence-electron chi connectivity index (χ4n) is 1.81. The molecule has 2 aromatic carbocycles. The summed E-state index contributed by atoms with van der Waals surface area (Å²) in [6, 6.07) is 9.65. The van der Waals surface area contributed by atoms with Gasteiger partial charge in [0.2, 0.25) is 0 Å². The Morgan fingerprint density at radius 1 is 1.20 bits per heavy atom. The third-order valence-electron chi connectivity index (χ3n) is 2.72. The standard InChI is InChI=1S/C13H7BrFN3OS/c14-7-3-1-4-8(15)11(7)13(19)16-9-5-2-6-10-12(9)18-20-17-10/h1-6H,(H,16,19). The number of hydrogen-bond donors (Lipinski definition) is 1. The first-order valence-electron chi connectivity index (χ1n) is 5.63. The summed E-state index contributed by atoms with van der Waals surface area (Å²) in [4.78, 5) is 12.2. The number of anilines is 1. The molecule has 0 fully saturated rings. The largest absolute Gasteiger partial charge is 0.320 e. The number of amides is 1. The first-order chi connectivity index (χ1) is 9.66. The molecule has 100 valence electrons. The summed E-state index contributed by atoms with van der Waals surface area (Å²) in [5.74, 6) is -1.11. The molecular weight excluding hydrogens is 345 g/mol. The first kappa shape index (κ1) is 13.1. The summed E-state index contributed by atoms with van der Waals surface area (Å²) in [6.07, 6.45) is 0. The van der Waals surface area contributed by atoms with Crippen LogP contribution >= 0.6 is 15.9 Å². The molecule has 4 nitrogen and oxygen atoms in total. The predicted octanol–water partition coefficient (Wildman–Crippen LogP) is 4.57. The van der Waals surface area contributed by atoms with Crippen molar-refractivity contribution in [3.8, 4) is 0 Å². The van der Waals surface area contributed by atoms with Crippen LogP contribution in [0.2, 0.25) is 0 Å². The molecule has 2 aromatic rings. The minimum atomic E-state index is -0.583. The van der Waals surface area contributed by atoms with E-state index in [1.807, 2.05) is 0 Å². The van der Waals surface area contributed by atoms with Gasteiger partial charge in [-0.25, -0.2) is 4.39 Å². The SMILES string of the molecule is O=C(Nc1cccc2c1N=S=N2)c1c(F)cccc1Br. The zero-order valence-electron chi connectivity index (χ0n) is 9.93. The summed E-state index contributed by atoms with van der Waals surface area (Å²) in [7, 11) is 0. The molecule has 0 atom stereocenters. The number of nitrogens with zero attached hydrogens (tertiary/aromatic N) is 2. The average molecular weight is 352 g/mol. The minimum absolute atomic E-state index is 0.0345. The molecule has 0 saturated carbocycles. The lowest BCUT2D eigenvalue weighted by atomic mass is 10.2. The van der Waals surface area contributed by atoms with E-state index in [2.05, 4.69) is 30.0 Å². The van der Waals surface area contributed by atoms with Crippen molar-refractivity contribution in [3.63, 3.8) is 0 Å². The van der Waals surface area contributed by atoms with E-state index in [0.29, 0.717) is 21.5 Å². The van der Waals surface area contributed by atoms with Crippen LogP contribution in [-0.2, 0) is 11.4 Å². The highest BCUT2D eigenvalue weighted by Crippen LogP contribution is 2.38. The zero-order chi connectivity index (χ0) is 14.1. The van der Waals surface area contributed by atoms with E-state index in [9.17, 15) is 9.18 Å². The van der Waals surface area contributed by atoms with Gasteiger partial charge in [0.05, 0.1) is 22.6 Å². The van der Waals surface area contributed by atoms with Gasteiger partial charge < -0.3 is 5.32 Å². The van der Waals surface area contributed by atoms with Crippen molar-refractivity contribution in [1.82, 2.24) is 0 Å². The molecule has 1 N–H and O–H groups in total. The van der Waals surface area contributed by atoms with Crippen LogP contribution in [0.25, 0.3) is 0 Å². The van der Waals surface area contributed by atoms with Crippen LogP contribution in [-0.4, -0.2) is 5.91 Å². The number of hydrogen-bond acceptors (Lipinski definition) is 3. The van der Waals surface area contributed by atoms with Crippen molar-refractivity contribution in [1.29, 1.82) is 0 Å². The average Bonchev–Trinajstić information content (AvgIpc) is 2.88. The highest BCUT2D eigenvalue weighted by molar-refractivity contribution is 9.10. The maximum atomic E-state index is 13.7. The molecule has 7 heteroatoms. The van der Waals surface area contributed by atoms with Crippen LogP contribution in [0, 0.1) is 5.82 Å². The Kier molecular flexibility index (Phi) is 3.45. The molecule has 3 rings (SSSR count). The van der Waals surface area contributed by atoms with E-state index in [1.54, 1.807) is 24.3 Å². The molecule has 0 aromatic heterocycles. The monoisotopic (exact) mass is 351 g/mol. The Hall–Kier alpha value is -1.86. The van der Waals surface area contributed by atoms with Gasteiger partial charge in [-0.3, -0.25) is 4.79 Å². The van der Waals surface area contributed by atoms with Crippen LogP contribution in [0.15, 0.2) is 49.6 Å². The van der Waals surface area contributed by atoms with Gasteiger partial charge in [-0.1, -0.05) is 12.1 Å². The van der Waals surface area contributed by atoms with Crippen molar-refractivity contribution in [2.75, 3.05) is 5.32 Å². The van der Waals surface area contributed by atoms with Gasteiger partial charge >= 0.3 is 0 Å². The summed E-state index contributed by atoms with van der Waals surface area (Å²) >= 11 is 4.24. The molecule has 1 heterocycles. The van der Waals surface area contributed by atoms with Crippen LogP contribution in [0.5, 0.6) is 0 Å². The molecule has 20 heavy (non-hydrogen) atoms. The lowest BCUT2D eigenvalue weighted by Gasteiger charge is -2.09. The van der Waals surface area contributed by atoms with Crippen LogP contribution in [0.3, 0.4) is 0 Å². The number of carbonyl (C=O) groups is 1. The van der Waals surface area contributed by atoms with Crippen molar-refractivity contribution in [2.45, 2.75) is 0 Å². The Bertz CT molecular complexity index is 767. The molecule has 0 radical (unpaired) electrons. The molecule has 0 spiro atoms. The topological polar surface area (TPSA) is 53.8 Å². The molecule has 0 unspecified atom stereocenters. The van der Waals surface area contributed by atoms with Gasteiger partial charge in [-0.15, -0.1) is 0 Å². The minimum Gasteiger partial charge on any atom is -0.320 e. The summed E-state index contributed by atoms with van der Waals surface area (Å²) in [5.41, 5.74) is 1.77. The van der Waals surface area contributed by atoms with Crippen molar-refractivity contribution in [3.05, 3.63) is 52.3 Å². The van der Waals surface area contributed by atoms with Crippen molar-refractivity contribution >= 4 is 50.3 Å². The van der Waals surface area contributed by atoms with Gasteiger partial charge in [0.15, 0.2) is 0 Å². The van der Waals surface area contributed by atoms with Gasteiger partial charge in [-0.05, 0) is 40.2 Å². The predicted molar refractivity (Wildman–Crippen MR) is 80.0 cm³/mol. The van der Waals surface area contributed by atoms with E-state index in [0.717, 1.165) is 11.4 Å². The van der Waals surface area contributed by atoms with Crippen molar-refractivity contribution in [2.24, 2.45) is 8.73 Å². The third kappa shape index (κ3) is 2.30. The van der Waals surface area contributed by atoms with Crippen molar-refractivity contribution < 1.29 is 9.18 Å². The van der Waals surface area contributed by atoms with Crippen LogP contribution in [0.4, 0.5) is 21.5 Å². The van der Waals surface area contributed by atoms with Crippen LogP contribution in [0.1, 0.15) is 10.4 Å². The molecule has 1 aliphatic heterocycles. The van der Waals surface area contributed by atoms with E-state index in [-0.39, 0.29) is 5.56 Å². The quantitative estimate of drug-likeness (QED) is 0.722. The van der Waals surface area contributed by atoms with Crippen LogP contribution < -0.4 is 5.32 Å². The van der Waals surface area contributed by atoms with Gasteiger partial charge in [-0.2, -0.15) is 8.73 Å². The molecule has 0 bridgehead atoms. The highest BCUT2D eigenvalue weighted by Gasteiger charge is 2.18. The summed E-state index contributed by atoms with van der Waals surface area (Å²) in [5, 5.41) is 2.66. The van der Waals surface area contributed by atoms with E-state index < -0.39 is 11.7 Å². The van der Waals surface area contributed by atoms with Gasteiger partial charge in [0.25, 0.3) is 5.91 Å². The first-order valence-corrected chi connectivity index (χ1v) is 7.16. The number of benzene rings is 2. The molecule has 0 aliphatic carbocycles. The second-order valence-corrected chi connectivity index (χ2v) is 5.37. The Balaban J connectivity index is 1.95. The normalized spacial score (nSPS) is 11.9. The second-order valence-electron chi connectivity index (χ2n) is 3.99. The highest BCUT2D eigenvalue weighted by atomic mass is 79.9. The van der Waals surface area contributed by atoms with Gasteiger partial charge in [0.1, 0.15) is 17.2 Å². The Morgan fingerprint density at radius 2 is 2.00 bits per heavy atom. The number of nitrogens with one attached hydrogen (secondary N) is 1. The second kappa shape index (κ2) is 5.26. The summed E-state index contributed by atoms with van der Waals surface area (Å²) in [6.45, 7) is 0. The molecule has 1 aliphatic rings. The number of fused-ring (bicyclic) bond motifs is 1. The van der Waals surface area contributed by atoms with E-state index >= 15 is 0 Å². The zero-order valence-corrected chi connectivity index (χ0v) is 12.3. The Labute approximate surface area is 126 Å². The Morgan fingerprint density at radius 3 is 2.80 bits per heavy atom. The fraction of sp³-hybridized carbons (Fsp3) is 0. The molecular formula is C13H7BrFN3OS. The number of rotatable bonds is 2. The summed E-state index contributed by atoms with van der Waals surface area (Å²) < 4.78 is 22.4. The smallest absolute Gasteiger partial charge is 0.259 e. The lowest BCUT2D eigenvalue weighted by Crippen LogP contribution is -2.14.